The number of aryl methyl sites for hydroxylation is 1. The molecule has 19 heavy (non-hydrogen) atoms. The first-order valence-electron chi connectivity index (χ1n) is 5.99. The van der Waals surface area contributed by atoms with Gasteiger partial charge in [-0.25, -0.2) is 4.57 Å². The summed E-state index contributed by atoms with van der Waals surface area (Å²) in [4.78, 5) is 23.2. The van der Waals surface area contributed by atoms with Crippen LogP contribution in [0.3, 0.4) is 0 Å². The van der Waals surface area contributed by atoms with Crippen molar-refractivity contribution in [1.82, 2.24) is 4.90 Å². The van der Waals surface area contributed by atoms with Crippen LogP contribution in [0.5, 0.6) is 0 Å². The number of unbranched alkanes of at least 4 members (excludes halogenated alkanes) is 1. The molecule has 1 aromatic heterocycles. The Balaban J connectivity index is 0.00000324. The predicted molar refractivity (Wildman–Crippen MR) is 65.8 cm³/mol. The van der Waals surface area contributed by atoms with Crippen LogP contribution < -0.4 is 21.5 Å². The summed E-state index contributed by atoms with van der Waals surface area (Å²) >= 11 is 0. The highest BCUT2D eigenvalue weighted by Crippen LogP contribution is 1.99. The van der Waals surface area contributed by atoms with E-state index in [0.29, 0.717) is 6.42 Å². The van der Waals surface area contributed by atoms with Gasteiger partial charge in [-0.15, -0.1) is 0 Å². The van der Waals surface area contributed by atoms with Crippen LogP contribution in [0.1, 0.15) is 19.3 Å². The Morgan fingerprint density at radius 1 is 1.16 bits per heavy atom. The number of carboxylic acid groups (broad SMARTS) is 1. The molecule has 1 aromatic rings. The largest absolute Gasteiger partial charge is 1.00 e. The Bertz CT molecular complexity index is 398. The van der Waals surface area contributed by atoms with Crippen molar-refractivity contribution >= 4 is 11.9 Å². The van der Waals surface area contributed by atoms with Crippen LogP contribution in [0.2, 0.25) is 0 Å². The average molecular weight is 331 g/mol. The Morgan fingerprint density at radius 3 is 2.37 bits per heavy atom. The molecule has 0 saturated carbocycles. The number of aromatic nitrogens is 1. The number of rotatable bonds is 7. The summed E-state index contributed by atoms with van der Waals surface area (Å²) < 4.78 is 2.06. The van der Waals surface area contributed by atoms with Crippen molar-refractivity contribution in [3.63, 3.8) is 0 Å². The van der Waals surface area contributed by atoms with E-state index in [1.165, 1.54) is 11.9 Å². The molecule has 0 bridgehead atoms. The Hall–Kier alpha value is -1.43. The van der Waals surface area contributed by atoms with Gasteiger partial charge < -0.3 is 27.0 Å². The molecule has 0 spiro atoms. The first-order valence-corrected chi connectivity index (χ1v) is 5.99. The van der Waals surface area contributed by atoms with Crippen LogP contribution in [0.25, 0.3) is 0 Å². The summed E-state index contributed by atoms with van der Waals surface area (Å²) in [6.45, 7) is 0.642. The molecule has 1 rings (SSSR count). The SMILES string of the molecule is CN(CC(=O)O)C(=O)CCCC[n+]1ccccc1.[Br-]. The number of amides is 1. The van der Waals surface area contributed by atoms with Crippen molar-refractivity contribution in [2.45, 2.75) is 25.8 Å². The molecule has 1 heterocycles. The molecular formula is C13H19BrN2O3. The zero-order valence-corrected chi connectivity index (χ0v) is 12.5. The number of hydrogen-bond donors (Lipinski definition) is 1. The van der Waals surface area contributed by atoms with Gasteiger partial charge in [0.05, 0.1) is 0 Å². The quantitative estimate of drug-likeness (QED) is 0.451. The van der Waals surface area contributed by atoms with Gasteiger partial charge >= 0.3 is 5.97 Å². The average Bonchev–Trinajstić information content (AvgIpc) is 2.34. The molecule has 0 radical (unpaired) electrons. The second-order valence-electron chi connectivity index (χ2n) is 4.21. The topological polar surface area (TPSA) is 61.5 Å². The van der Waals surface area contributed by atoms with E-state index in [9.17, 15) is 9.59 Å². The number of carbonyl (C=O) groups is 2. The van der Waals surface area contributed by atoms with Crippen LogP contribution in [0.4, 0.5) is 0 Å². The number of hydrogen-bond acceptors (Lipinski definition) is 2. The Kier molecular flexibility index (Phi) is 8.78. The van der Waals surface area contributed by atoms with Gasteiger partial charge in [0, 0.05) is 32.0 Å². The van der Waals surface area contributed by atoms with E-state index in [1.54, 1.807) is 0 Å². The van der Waals surface area contributed by atoms with Crippen molar-refractivity contribution in [2.75, 3.05) is 13.6 Å². The monoisotopic (exact) mass is 330 g/mol. The maximum Gasteiger partial charge on any atom is 0.323 e. The van der Waals surface area contributed by atoms with Crippen LogP contribution >= 0.6 is 0 Å². The standard InChI is InChI=1S/C13H18N2O3.BrH/c1-14(11-13(17)18)12(16)7-3-6-10-15-8-4-2-5-9-15;/h2,4-5,8-9H,3,6-7,10-11H2,1H3;1H. The molecule has 0 atom stereocenters. The number of carboxylic acids is 1. The lowest BCUT2D eigenvalue weighted by Gasteiger charge is -2.13. The molecule has 0 unspecified atom stereocenters. The van der Waals surface area contributed by atoms with Crippen molar-refractivity contribution in [2.24, 2.45) is 0 Å². The Morgan fingerprint density at radius 2 is 1.79 bits per heavy atom. The lowest BCUT2D eigenvalue weighted by atomic mass is 10.2. The van der Waals surface area contributed by atoms with Gasteiger partial charge in [0.2, 0.25) is 5.91 Å². The summed E-state index contributed by atoms with van der Waals surface area (Å²) in [5.74, 6) is -1.10. The minimum Gasteiger partial charge on any atom is -1.00 e. The third-order valence-corrected chi connectivity index (χ3v) is 2.63. The maximum atomic E-state index is 11.5. The highest BCUT2D eigenvalue weighted by Gasteiger charge is 2.11. The van der Waals surface area contributed by atoms with Gasteiger partial charge in [0.25, 0.3) is 0 Å². The van der Waals surface area contributed by atoms with E-state index >= 15 is 0 Å². The molecule has 0 aliphatic rings. The fraction of sp³-hybridized carbons (Fsp3) is 0.462. The molecule has 0 fully saturated rings. The summed E-state index contributed by atoms with van der Waals surface area (Å²) in [6.07, 6.45) is 6.04. The van der Waals surface area contributed by atoms with Crippen molar-refractivity contribution in [1.29, 1.82) is 0 Å². The molecule has 0 aromatic carbocycles. The first-order chi connectivity index (χ1) is 8.59. The van der Waals surface area contributed by atoms with Gasteiger partial charge in [0.1, 0.15) is 13.1 Å². The van der Waals surface area contributed by atoms with Gasteiger partial charge in [-0.05, 0) is 6.42 Å². The maximum absolute atomic E-state index is 11.5. The second-order valence-corrected chi connectivity index (χ2v) is 4.21. The molecule has 0 aliphatic carbocycles. The number of aliphatic carboxylic acids is 1. The fourth-order valence-corrected chi connectivity index (χ4v) is 1.64. The lowest BCUT2D eigenvalue weighted by molar-refractivity contribution is -0.697. The molecular weight excluding hydrogens is 312 g/mol. The van der Waals surface area contributed by atoms with E-state index in [0.717, 1.165) is 19.4 Å². The van der Waals surface area contributed by atoms with Gasteiger partial charge in [-0.3, -0.25) is 9.59 Å². The van der Waals surface area contributed by atoms with Crippen LogP contribution in [0, 0.1) is 0 Å². The minimum absolute atomic E-state index is 0. The summed E-state index contributed by atoms with van der Waals surface area (Å²) in [5.41, 5.74) is 0. The zero-order chi connectivity index (χ0) is 13.4. The molecule has 1 N–H and O–H groups in total. The molecule has 106 valence electrons. The van der Waals surface area contributed by atoms with Gasteiger partial charge in [-0.1, -0.05) is 6.07 Å². The lowest BCUT2D eigenvalue weighted by Crippen LogP contribution is -3.00. The van der Waals surface area contributed by atoms with Crippen LogP contribution in [-0.2, 0) is 16.1 Å². The number of pyridine rings is 1. The Labute approximate surface area is 123 Å². The zero-order valence-electron chi connectivity index (χ0n) is 11.0. The third kappa shape index (κ3) is 7.56. The number of nitrogens with zero attached hydrogens (tertiary/aromatic N) is 2. The minimum atomic E-state index is -0.981. The van der Waals surface area contributed by atoms with Crippen molar-refractivity contribution in [3.05, 3.63) is 30.6 Å². The van der Waals surface area contributed by atoms with Crippen LogP contribution in [-0.4, -0.2) is 35.5 Å². The van der Waals surface area contributed by atoms with E-state index in [1.807, 2.05) is 30.6 Å². The summed E-state index contributed by atoms with van der Waals surface area (Å²) in [6, 6.07) is 5.89. The first kappa shape index (κ1) is 17.6. The molecule has 6 heteroatoms. The van der Waals surface area contributed by atoms with Gasteiger partial charge in [0.15, 0.2) is 12.4 Å². The molecule has 0 saturated heterocycles. The smallest absolute Gasteiger partial charge is 0.323 e. The van der Waals surface area contributed by atoms with Crippen LogP contribution in [0.15, 0.2) is 30.6 Å². The molecule has 1 amide bonds. The molecule has 5 nitrogen and oxygen atoms in total. The molecule has 0 aliphatic heterocycles. The van der Waals surface area contributed by atoms with E-state index in [2.05, 4.69) is 4.57 Å². The number of carbonyl (C=O) groups excluding carboxylic acids is 1. The predicted octanol–water partition coefficient (Wildman–Crippen LogP) is -2.31. The number of likely N-dealkylation sites (N-methyl/N-ethyl adjacent to an activating group) is 1. The third-order valence-electron chi connectivity index (χ3n) is 2.63. The summed E-state index contributed by atoms with van der Waals surface area (Å²) in [7, 11) is 1.52. The highest BCUT2D eigenvalue weighted by atomic mass is 79.9. The van der Waals surface area contributed by atoms with E-state index in [-0.39, 0.29) is 29.4 Å². The normalized spacial score (nSPS) is 9.53. The fourth-order valence-electron chi connectivity index (χ4n) is 1.64. The second kappa shape index (κ2) is 9.49. The number of halogens is 1. The van der Waals surface area contributed by atoms with Crippen molar-refractivity contribution in [3.8, 4) is 0 Å². The van der Waals surface area contributed by atoms with Gasteiger partial charge in [-0.2, -0.15) is 0 Å². The van der Waals surface area contributed by atoms with E-state index in [4.69, 9.17) is 5.11 Å². The van der Waals surface area contributed by atoms with Crippen molar-refractivity contribution < 1.29 is 36.2 Å². The summed E-state index contributed by atoms with van der Waals surface area (Å²) in [5, 5.41) is 8.56. The highest BCUT2D eigenvalue weighted by molar-refractivity contribution is 5.80. The van der Waals surface area contributed by atoms with E-state index < -0.39 is 5.97 Å².